The molecule has 0 saturated heterocycles. The lowest BCUT2D eigenvalue weighted by atomic mass is 10.1. The van der Waals surface area contributed by atoms with Gasteiger partial charge in [0.25, 0.3) is 11.8 Å². The van der Waals surface area contributed by atoms with Gasteiger partial charge in [-0.05, 0) is 69.4 Å². The second kappa shape index (κ2) is 7.60. The van der Waals surface area contributed by atoms with Crippen LogP contribution in [-0.4, -0.2) is 28.9 Å². The third-order valence-electron chi connectivity index (χ3n) is 5.60. The number of primary amides is 1. The van der Waals surface area contributed by atoms with Gasteiger partial charge >= 0.3 is 5.97 Å². The Hall–Kier alpha value is -3.13. The molecule has 0 saturated carbocycles. The second-order valence-corrected chi connectivity index (χ2v) is 8.70. The van der Waals surface area contributed by atoms with Crippen LogP contribution in [0.15, 0.2) is 18.2 Å². The van der Waals surface area contributed by atoms with E-state index in [0.717, 1.165) is 51.9 Å². The van der Waals surface area contributed by atoms with Crippen LogP contribution in [0.5, 0.6) is 0 Å². The van der Waals surface area contributed by atoms with E-state index in [1.54, 1.807) is 12.1 Å². The summed E-state index contributed by atoms with van der Waals surface area (Å²) in [7, 11) is 0. The number of fused-ring (bicyclic) bond motifs is 2. The van der Waals surface area contributed by atoms with Crippen molar-refractivity contribution < 1.29 is 19.1 Å². The van der Waals surface area contributed by atoms with Gasteiger partial charge in [-0.3, -0.25) is 9.59 Å². The molecule has 156 valence electrons. The van der Waals surface area contributed by atoms with Gasteiger partial charge in [0.2, 0.25) is 0 Å². The number of hydrogen-bond donors (Lipinski definition) is 3. The van der Waals surface area contributed by atoms with Crippen molar-refractivity contribution >= 4 is 45.0 Å². The Morgan fingerprint density at radius 3 is 2.73 bits per heavy atom. The molecule has 8 heteroatoms. The van der Waals surface area contributed by atoms with Crippen LogP contribution < -0.4 is 11.1 Å². The predicted molar refractivity (Wildman–Crippen MR) is 116 cm³/mol. The van der Waals surface area contributed by atoms with E-state index in [2.05, 4.69) is 10.3 Å². The molecule has 0 aliphatic heterocycles. The number of ether oxygens (including phenoxy) is 1. The monoisotopic (exact) mass is 425 g/mol. The van der Waals surface area contributed by atoms with Crippen LogP contribution >= 0.6 is 11.3 Å². The number of carbonyl (C=O) groups excluding carboxylic acids is 3. The maximum Gasteiger partial charge on any atom is 0.338 e. The molecule has 0 bridgehead atoms. The SMILES string of the molecule is Cc1[nH]c2ccc(C(=O)O[C@H](C)C(=O)Nc3sc4c(c3C(N)=O)CCC4)cc2c1C. The van der Waals surface area contributed by atoms with E-state index < -0.39 is 23.9 Å². The number of rotatable bonds is 5. The molecular formula is C22H23N3O4S. The largest absolute Gasteiger partial charge is 0.449 e. The summed E-state index contributed by atoms with van der Waals surface area (Å²) in [5, 5.41) is 4.09. The molecular weight excluding hydrogens is 402 g/mol. The van der Waals surface area contributed by atoms with Crippen LogP contribution in [0.2, 0.25) is 0 Å². The number of aromatic amines is 1. The minimum Gasteiger partial charge on any atom is -0.449 e. The van der Waals surface area contributed by atoms with Crippen LogP contribution in [0.3, 0.4) is 0 Å². The van der Waals surface area contributed by atoms with Crippen molar-refractivity contribution in [2.24, 2.45) is 5.73 Å². The lowest BCUT2D eigenvalue weighted by Crippen LogP contribution is -2.30. The maximum atomic E-state index is 12.6. The number of H-pyrrole nitrogens is 1. The topological polar surface area (TPSA) is 114 Å². The first-order valence-electron chi connectivity index (χ1n) is 9.81. The van der Waals surface area contributed by atoms with E-state index in [9.17, 15) is 14.4 Å². The lowest BCUT2D eigenvalue weighted by molar-refractivity contribution is -0.123. The van der Waals surface area contributed by atoms with Crippen molar-refractivity contribution in [2.75, 3.05) is 5.32 Å². The normalized spacial score (nSPS) is 13.8. The number of hydrogen-bond acceptors (Lipinski definition) is 5. The number of nitrogens with two attached hydrogens (primary N) is 1. The summed E-state index contributed by atoms with van der Waals surface area (Å²) in [6.07, 6.45) is 1.61. The van der Waals surface area contributed by atoms with E-state index in [4.69, 9.17) is 10.5 Å². The number of aromatic nitrogens is 1. The van der Waals surface area contributed by atoms with E-state index in [0.29, 0.717) is 16.1 Å². The van der Waals surface area contributed by atoms with E-state index >= 15 is 0 Å². The third-order valence-corrected chi connectivity index (χ3v) is 6.81. The molecule has 0 fully saturated rings. The summed E-state index contributed by atoms with van der Waals surface area (Å²) in [4.78, 5) is 41.4. The highest BCUT2D eigenvalue weighted by Gasteiger charge is 2.28. The average molecular weight is 426 g/mol. The van der Waals surface area contributed by atoms with Crippen LogP contribution in [0.25, 0.3) is 10.9 Å². The molecule has 1 atom stereocenters. The predicted octanol–water partition coefficient (Wildman–Crippen LogP) is 3.62. The first kappa shape index (κ1) is 20.2. The van der Waals surface area contributed by atoms with E-state index in [1.165, 1.54) is 18.3 Å². The first-order valence-corrected chi connectivity index (χ1v) is 10.6. The van der Waals surface area contributed by atoms with Crippen molar-refractivity contribution in [1.82, 2.24) is 4.98 Å². The fourth-order valence-electron chi connectivity index (χ4n) is 3.84. The zero-order valence-electron chi connectivity index (χ0n) is 17.0. The van der Waals surface area contributed by atoms with Crippen LogP contribution in [0, 0.1) is 13.8 Å². The molecule has 1 aliphatic carbocycles. The van der Waals surface area contributed by atoms with Gasteiger partial charge in [-0.15, -0.1) is 11.3 Å². The highest BCUT2D eigenvalue weighted by molar-refractivity contribution is 7.17. The molecule has 7 nitrogen and oxygen atoms in total. The van der Waals surface area contributed by atoms with E-state index in [1.807, 2.05) is 19.9 Å². The Morgan fingerprint density at radius 2 is 2.00 bits per heavy atom. The van der Waals surface area contributed by atoms with Gasteiger partial charge in [0.05, 0.1) is 11.1 Å². The molecule has 1 aromatic carbocycles. The molecule has 2 aromatic heterocycles. The summed E-state index contributed by atoms with van der Waals surface area (Å²) < 4.78 is 5.37. The van der Waals surface area contributed by atoms with Crippen molar-refractivity contribution in [3.63, 3.8) is 0 Å². The number of thiophene rings is 1. The molecule has 0 radical (unpaired) electrons. The number of benzene rings is 1. The fraction of sp³-hybridized carbons (Fsp3) is 0.318. The van der Waals surface area contributed by atoms with Gasteiger partial charge in [-0.25, -0.2) is 4.79 Å². The Kier molecular flexibility index (Phi) is 5.11. The van der Waals surface area contributed by atoms with Gasteiger partial charge in [0.15, 0.2) is 6.10 Å². The number of aryl methyl sites for hydroxylation is 3. The maximum absolute atomic E-state index is 12.6. The summed E-state index contributed by atoms with van der Waals surface area (Å²) in [5.41, 5.74) is 10.3. The standard InChI is InChI=1S/C22H23N3O4S/c1-10-11(2)24-16-8-7-13(9-15(10)16)22(28)29-12(3)20(27)25-21-18(19(23)26)14-5-4-6-17(14)30-21/h7-9,12,24H,4-6H2,1-3H3,(H2,23,26)(H,25,27)/t12-/m1/s1. The molecule has 0 spiro atoms. The quantitative estimate of drug-likeness (QED) is 0.542. The highest BCUT2D eigenvalue weighted by Crippen LogP contribution is 2.38. The average Bonchev–Trinajstić information content (AvgIpc) is 3.34. The smallest absolute Gasteiger partial charge is 0.338 e. The van der Waals surface area contributed by atoms with E-state index in [-0.39, 0.29) is 0 Å². The van der Waals surface area contributed by atoms with Crippen molar-refractivity contribution in [3.05, 3.63) is 51.0 Å². The van der Waals surface area contributed by atoms with Gasteiger partial charge in [-0.2, -0.15) is 0 Å². The molecule has 1 aliphatic rings. The Morgan fingerprint density at radius 1 is 1.23 bits per heavy atom. The number of amides is 2. The van der Waals surface area contributed by atoms with Gasteiger partial charge < -0.3 is 20.8 Å². The molecule has 2 heterocycles. The van der Waals surface area contributed by atoms with Crippen molar-refractivity contribution in [2.45, 2.75) is 46.1 Å². The minimum atomic E-state index is -1.03. The van der Waals surface area contributed by atoms with Gasteiger partial charge in [0, 0.05) is 21.5 Å². The zero-order valence-corrected chi connectivity index (χ0v) is 17.9. The number of carbonyl (C=O) groups is 3. The number of anilines is 1. The molecule has 0 unspecified atom stereocenters. The second-order valence-electron chi connectivity index (χ2n) is 7.60. The summed E-state index contributed by atoms with van der Waals surface area (Å²) in [6, 6.07) is 5.25. The fourth-order valence-corrected chi connectivity index (χ4v) is 5.13. The number of esters is 1. The summed E-state index contributed by atoms with van der Waals surface area (Å²) in [5.74, 6) is -1.64. The van der Waals surface area contributed by atoms with Crippen molar-refractivity contribution in [3.8, 4) is 0 Å². The molecule has 4 N–H and O–H groups in total. The Labute approximate surface area is 177 Å². The highest BCUT2D eigenvalue weighted by atomic mass is 32.1. The zero-order chi connectivity index (χ0) is 21.6. The van der Waals surface area contributed by atoms with Gasteiger partial charge in [0.1, 0.15) is 5.00 Å². The third kappa shape index (κ3) is 3.47. The molecule has 30 heavy (non-hydrogen) atoms. The first-order chi connectivity index (χ1) is 14.3. The lowest BCUT2D eigenvalue weighted by Gasteiger charge is -2.14. The molecule has 3 aromatic rings. The minimum absolute atomic E-state index is 0.372. The van der Waals surface area contributed by atoms with Crippen molar-refractivity contribution in [1.29, 1.82) is 0 Å². The van der Waals surface area contributed by atoms with Crippen LogP contribution in [-0.2, 0) is 22.4 Å². The van der Waals surface area contributed by atoms with Gasteiger partial charge in [-0.1, -0.05) is 0 Å². The van der Waals surface area contributed by atoms with Crippen LogP contribution in [0.4, 0.5) is 5.00 Å². The Balaban J connectivity index is 1.48. The number of nitrogens with one attached hydrogen (secondary N) is 2. The Bertz CT molecular complexity index is 1190. The molecule has 2 amide bonds. The summed E-state index contributed by atoms with van der Waals surface area (Å²) in [6.45, 7) is 5.46. The summed E-state index contributed by atoms with van der Waals surface area (Å²) >= 11 is 1.37. The van der Waals surface area contributed by atoms with Crippen LogP contribution in [0.1, 0.15) is 55.8 Å². The molecule has 4 rings (SSSR count).